The molecular formula is C38H54O11. The molecule has 0 radical (unpaired) electrons. The Balaban J connectivity index is 1.46. The van der Waals surface area contributed by atoms with Crippen LogP contribution in [0.15, 0.2) is 42.5 Å². The van der Waals surface area contributed by atoms with Gasteiger partial charge in [-0.2, -0.15) is 0 Å². The van der Waals surface area contributed by atoms with Crippen molar-refractivity contribution in [3.05, 3.63) is 48.0 Å². The van der Waals surface area contributed by atoms with Gasteiger partial charge in [-0.05, 0) is 55.1 Å². The van der Waals surface area contributed by atoms with Gasteiger partial charge in [0.05, 0.1) is 31.8 Å². The highest BCUT2D eigenvalue weighted by Crippen LogP contribution is 2.73. The number of hydrogen-bond donors (Lipinski definition) is 4. The van der Waals surface area contributed by atoms with Crippen molar-refractivity contribution in [3.8, 4) is 0 Å². The number of hydrogen-bond acceptors (Lipinski definition) is 11. The number of benzene rings is 1. The van der Waals surface area contributed by atoms with Gasteiger partial charge in [-0.1, -0.05) is 76.4 Å². The summed E-state index contributed by atoms with van der Waals surface area (Å²) in [6.07, 6.45) is -0.159. The second-order valence-electron chi connectivity index (χ2n) is 16.0. The molecule has 0 aromatic heterocycles. The number of carbonyl (C=O) groups is 1. The molecule has 3 aliphatic carbocycles. The van der Waals surface area contributed by atoms with Crippen molar-refractivity contribution in [1.82, 2.24) is 0 Å². The summed E-state index contributed by atoms with van der Waals surface area (Å²) >= 11 is 0. The fourth-order valence-electron chi connectivity index (χ4n) is 11.1. The van der Waals surface area contributed by atoms with Crippen LogP contribution >= 0.6 is 0 Å². The average Bonchev–Trinajstić information content (AvgIpc) is 3.77. The summed E-state index contributed by atoms with van der Waals surface area (Å²) in [6, 6.07) is 9.69. The van der Waals surface area contributed by atoms with Crippen LogP contribution in [-0.4, -0.2) is 92.7 Å². The second-order valence-corrected chi connectivity index (χ2v) is 16.0. The molecule has 5 bridgehead atoms. The monoisotopic (exact) mass is 686 g/mol. The molecule has 8 rings (SSSR count). The van der Waals surface area contributed by atoms with Crippen LogP contribution in [-0.2, 0) is 40.1 Å². The molecule has 272 valence electrons. The van der Waals surface area contributed by atoms with Crippen LogP contribution in [0.5, 0.6) is 0 Å². The van der Waals surface area contributed by atoms with Crippen molar-refractivity contribution in [1.29, 1.82) is 0 Å². The second kappa shape index (κ2) is 12.9. The van der Waals surface area contributed by atoms with Gasteiger partial charge in [0.25, 0.3) is 0 Å². The molecule has 4 aliphatic heterocycles. The van der Waals surface area contributed by atoms with Crippen molar-refractivity contribution in [2.75, 3.05) is 13.2 Å². The van der Waals surface area contributed by atoms with Gasteiger partial charge in [0.2, 0.25) is 0 Å². The summed E-state index contributed by atoms with van der Waals surface area (Å²) in [5, 5.41) is 48.6. The number of ether oxygens (including phenoxy) is 4. The zero-order valence-electron chi connectivity index (χ0n) is 29.2. The number of fused-ring (bicyclic) bond motifs is 3. The Labute approximate surface area is 288 Å². The fraction of sp³-hybridized carbons (Fsp3) is 0.763. The number of epoxide rings is 1. The zero-order chi connectivity index (χ0) is 34.9. The van der Waals surface area contributed by atoms with Crippen molar-refractivity contribution in [2.45, 2.75) is 132 Å². The SMILES string of the molecule is C=C(C)C12C[C@@H](COC(C)=O)[C@@]3(OO1)[C@@H]1[C@H]2O[C@H](O)CCCCCC[C@@H](C)[C@H]2[C@H](C)[C@H](OCc4ccccc4)[C@@](O)([C@H](O)[C@@]4(CO)O[C@@H]14)[C@@H]23. The summed E-state index contributed by atoms with van der Waals surface area (Å²) in [4.78, 5) is 25.6. The van der Waals surface area contributed by atoms with E-state index in [0.717, 1.165) is 37.7 Å². The van der Waals surface area contributed by atoms with Crippen LogP contribution in [0, 0.1) is 35.5 Å². The number of aliphatic hydroxyl groups is 4. The van der Waals surface area contributed by atoms with Crippen LogP contribution in [0.25, 0.3) is 0 Å². The van der Waals surface area contributed by atoms with Crippen LogP contribution in [0.3, 0.4) is 0 Å². The smallest absolute Gasteiger partial charge is 0.302 e. The Morgan fingerprint density at radius 3 is 2.41 bits per heavy atom. The highest BCUT2D eigenvalue weighted by Gasteiger charge is 2.88. The quantitative estimate of drug-likeness (QED) is 0.144. The summed E-state index contributed by atoms with van der Waals surface area (Å²) in [7, 11) is 0. The first-order valence-corrected chi connectivity index (χ1v) is 18.2. The number of aliphatic hydroxyl groups excluding tert-OH is 3. The maximum atomic E-state index is 13.5. The van der Waals surface area contributed by atoms with E-state index < -0.39 is 83.4 Å². The molecule has 1 unspecified atom stereocenters. The molecule has 11 nitrogen and oxygen atoms in total. The molecule has 1 aromatic carbocycles. The topological polar surface area (TPSA) is 157 Å². The number of carbonyl (C=O) groups excluding carboxylic acids is 1. The minimum atomic E-state index is -2.00. The molecule has 0 amide bonds. The first-order chi connectivity index (χ1) is 23.4. The van der Waals surface area contributed by atoms with Gasteiger partial charge in [-0.3, -0.25) is 4.79 Å². The maximum absolute atomic E-state index is 13.5. The Hall–Kier alpha value is -1.93. The van der Waals surface area contributed by atoms with E-state index in [9.17, 15) is 25.2 Å². The predicted octanol–water partition coefficient (Wildman–Crippen LogP) is 3.60. The number of esters is 1. The summed E-state index contributed by atoms with van der Waals surface area (Å²) < 4.78 is 25.5. The van der Waals surface area contributed by atoms with Crippen molar-refractivity contribution >= 4 is 5.97 Å². The lowest BCUT2D eigenvalue weighted by Crippen LogP contribution is -2.78. The van der Waals surface area contributed by atoms with E-state index in [1.54, 1.807) is 0 Å². The zero-order valence-corrected chi connectivity index (χ0v) is 29.2. The molecule has 7 aliphatic rings. The highest BCUT2D eigenvalue weighted by molar-refractivity contribution is 5.65. The van der Waals surface area contributed by atoms with E-state index in [1.807, 2.05) is 37.3 Å². The Bertz CT molecular complexity index is 1390. The molecule has 11 heteroatoms. The first kappa shape index (κ1) is 35.5. The average molecular weight is 687 g/mol. The molecular weight excluding hydrogens is 632 g/mol. The van der Waals surface area contributed by atoms with E-state index >= 15 is 0 Å². The first-order valence-electron chi connectivity index (χ1n) is 18.2. The molecule has 3 saturated carbocycles. The Kier molecular flexibility index (Phi) is 9.36. The third-order valence-electron chi connectivity index (χ3n) is 13.3. The maximum Gasteiger partial charge on any atom is 0.302 e. The molecule has 4 saturated heterocycles. The molecule has 1 spiro atoms. The van der Waals surface area contributed by atoms with Gasteiger partial charge in [0.15, 0.2) is 11.9 Å². The van der Waals surface area contributed by atoms with Crippen LogP contribution < -0.4 is 0 Å². The summed E-state index contributed by atoms with van der Waals surface area (Å²) in [5.41, 5.74) is -4.79. The largest absolute Gasteiger partial charge is 0.465 e. The predicted molar refractivity (Wildman–Crippen MR) is 175 cm³/mol. The normalized spacial score (nSPS) is 48.9. The molecule has 15 atom stereocenters. The minimum Gasteiger partial charge on any atom is -0.465 e. The van der Waals surface area contributed by atoms with Crippen molar-refractivity contribution in [3.63, 3.8) is 0 Å². The summed E-state index contributed by atoms with van der Waals surface area (Å²) in [6.45, 7) is 11.3. The molecule has 4 N–H and O–H groups in total. The van der Waals surface area contributed by atoms with Gasteiger partial charge < -0.3 is 39.4 Å². The van der Waals surface area contributed by atoms with Gasteiger partial charge in [-0.25, -0.2) is 9.78 Å². The highest BCUT2D eigenvalue weighted by atomic mass is 17.2. The molecule has 4 heterocycles. The lowest BCUT2D eigenvalue weighted by atomic mass is 9.51. The van der Waals surface area contributed by atoms with E-state index in [-0.39, 0.29) is 37.4 Å². The standard InChI is InChI=1S/C38H54O11/c1-21(2)35-17-26(19-44-24(5)40)38(49-48-35)29-32(35)46-27(41)16-12-7-6-9-13-22(3)28-23(4)31(45-18-25-14-10-8-11-15-25)37(43,30(28)38)34(42)36(20-39)33(29)47-36/h8,10-11,14-15,22-23,26-34,39,41-43H,1,6-7,9,12-13,16-20H2,2-5H3/t22-,23+,26+,27+,28+,29-,30-,31+,32-,33+,34-,35?,36+,37-,38-/m1/s1. The van der Waals surface area contributed by atoms with Crippen molar-refractivity contribution < 1.29 is 53.9 Å². The van der Waals surface area contributed by atoms with E-state index in [4.69, 9.17) is 28.7 Å². The van der Waals surface area contributed by atoms with E-state index in [0.29, 0.717) is 12.0 Å². The Morgan fingerprint density at radius 2 is 1.73 bits per heavy atom. The molecule has 7 fully saturated rings. The van der Waals surface area contributed by atoms with Gasteiger partial charge in [0, 0.05) is 18.8 Å². The van der Waals surface area contributed by atoms with Gasteiger partial charge in [0.1, 0.15) is 35.1 Å². The fourth-order valence-corrected chi connectivity index (χ4v) is 11.1. The number of rotatable bonds is 7. The Morgan fingerprint density at radius 1 is 1.02 bits per heavy atom. The van der Waals surface area contributed by atoms with Crippen LogP contribution in [0.2, 0.25) is 0 Å². The van der Waals surface area contributed by atoms with Gasteiger partial charge in [-0.15, -0.1) is 0 Å². The lowest BCUT2D eigenvalue weighted by molar-refractivity contribution is -0.529. The summed E-state index contributed by atoms with van der Waals surface area (Å²) in [5.74, 6) is -3.11. The van der Waals surface area contributed by atoms with Crippen LogP contribution in [0.4, 0.5) is 0 Å². The third kappa shape index (κ3) is 5.21. The van der Waals surface area contributed by atoms with Crippen LogP contribution in [0.1, 0.15) is 78.2 Å². The lowest BCUT2D eigenvalue weighted by Gasteiger charge is -2.66. The van der Waals surface area contributed by atoms with Gasteiger partial charge >= 0.3 is 5.97 Å². The van der Waals surface area contributed by atoms with Crippen molar-refractivity contribution in [2.24, 2.45) is 35.5 Å². The minimum absolute atomic E-state index is 0.0496. The molecule has 1 aromatic rings. The molecule has 49 heavy (non-hydrogen) atoms. The van der Waals surface area contributed by atoms with E-state index in [1.165, 1.54) is 6.92 Å². The van der Waals surface area contributed by atoms with E-state index in [2.05, 4.69) is 20.4 Å². The third-order valence-corrected chi connectivity index (χ3v) is 13.3.